The number of ether oxygens (including phenoxy) is 1. The Kier molecular flexibility index (Phi) is 2.75. The molecule has 0 saturated heterocycles. The summed E-state index contributed by atoms with van der Waals surface area (Å²) < 4.78 is 6.10. The summed E-state index contributed by atoms with van der Waals surface area (Å²) in [7, 11) is 0. The largest absolute Gasteiger partial charge is 0.376 e. The molecule has 0 aromatic heterocycles. The highest BCUT2D eigenvalue weighted by Gasteiger charge is 2.71. The second-order valence-electron chi connectivity index (χ2n) is 6.08. The van der Waals surface area contributed by atoms with Gasteiger partial charge in [0, 0.05) is 12.0 Å². The molecule has 16 heavy (non-hydrogen) atoms. The van der Waals surface area contributed by atoms with Crippen molar-refractivity contribution in [3.05, 3.63) is 0 Å². The van der Waals surface area contributed by atoms with Crippen LogP contribution in [0.2, 0.25) is 0 Å². The first-order valence-corrected chi connectivity index (χ1v) is 7.15. The fourth-order valence-corrected chi connectivity index (χ4v) is 4.02. The summed E-state index contributed by atoms with van der Waals surface area (Å²) in [6, 6.07) is 0. The highest BCUT2D eigenvalue weighted by Crippen LogP contribution is 2.78. The Morgan fingerprint density at radius 2 is 1.94 bits per heavy atom. The summed E-state index contributed by atoms with van der Waals surface area (Å²) in [4.78, 5) is 0. The Balaban J connectivity index is 1.40. The molecule has 2 spiro atoms. The van der Waals surface area contributed by atoms with Crippen LogP contribution >= 0.6 is 0 Å². The third-order valence-corrected chi connectivity index (χ3v) is 5.45. The molecule has 3 saturated carbocycles. The van der Waals surface area contributed by atoms with E-state index >= 15 is 0 Å². The van der Waals surface area contributed by atoms with Crippen LogP contribution < -0.4 is 5.32 Å². The summed E-state index contributed by atoms with van der Waals surface area (Å²) in [5.74, 6) is 0. The molecule has 2 heteroatoms. The number of rotatable bonds is 6. The van der Waals surface area contributed by atoms with Gasteiger partial charge in [0.2, 0.25) is 0 Å². The summed E-state index contributed by atoms with van der Waals surface area (Å²) in [6.45, 7) is 5.29. The lowest BCUT2D eigenvalue weighted by atomic mass is 9.46. The van der Waals surface area contributed by atoms with E-state index in [0.29, 0.717) is 11.5 Å². The van der Waals surface area contributed by atoms with Gasteiger partial charge in [-0.3, -0.25) is 0 Å². The van der Waals surface area contributed by atoms with E-state index < -0.39 is 0 Å². The molecule has 2 atom stereocenters. The maximum Gasteiger partial charge on any atom is 0.0637 e. The molecule has 0 heterocycles. The normalized spacial score (nSPS) is 38.4. The van der Waals surface area contributed by atoms with Crippen molar-refractivity contribution in [2.24, 2.45) is 10.8 Å². The minimum Gasteiger partial charge on any atom is -0.376 e. The molecule has 92 valence electrons. The smallest absolute Gasteiger partial charge is 0.0637 e. The molecule has 3 rings (SSSR count). The van der Waals surface area contributed by atoms with Gasteiger partial charge in [-0.25, -0.2) is 0 Å². The SMILES string of the molecule is CCCNCCO[C@H]1CC[C@]12CCC21CC1. The van der Waals surface area contributed by atoms with Gasteiger partial charge < -0.3 is 10.1 Å². The summed E-state index contributed by atoms with van der Waals surface area (Å²) in [6.07, 6.45) is 10.6. The fraction of sp³-hybridized carbons (Fsp3) is 1.00. The van der Waals surface area contributed by atoms with Crippen LogP contribution in [0.4, 0.5) is 0 Å². The Morgan fingerprint density at radius 3 is 2.44 bits per heavy atom. The van der Waals surface area contributed by atoms with E-state index in [4.69, 9.17) is 4.74 Å². The number of hydrogen-bond acceptors (Lipinski definition) is 2. The monoisotopic (exact) mass is 223 g/mol. The van der Waals surface area contributed by atoms with Crippen molar-refractivity contribution < 1.29 is 4.74 Å². The average molecular weight is 223 g/mol. The van der Waals surface area contributed by atoms with Crippen molar-refractivity contribution in [2.45, 2.75) is 58.0 Å². The van der Waals surface area contributed by atoms with E-state index in [-0.39, 0.29) is 0 Å². The van der Waals surface area contributed by atoms with Gasteiger partial charge >= 0.3 is 0 Å². The van der Waals surface area contributed by atoms with E-state index in [1.165, 1.54) is 44.9 Å². The van der Waals surface area contributed by atoms with Crippen LogP contribution in [0.3, 0.4) is 0 Å². The van der Waals surface area contributed by atoms with E-state index in [1.54, 1.807) is 0 Å². The van der Waals surface area contributed by atoms with Gasteiger partial charge in [0.1, 0.15) is 0 Å². The van der Waals surface area contributed by atoms with E-state index in [1.807, 2.05) is 0 Å². The topological polar surface area (TPSA) is 21.3 Å². The number of hydrogen-bond donors (Lipinski definition) is 1. The van der Waals surface area contributed by atoms with Crippen LogP contribution in [0.25, 0.3) is 0 Å². The predicted octanol–water partition coefficient (Wildman–Crippen LogP) is 2.73. The highest BCUT2D eigenvalue weighted by atomic mass is 16.5. The second kappa shape index (κ2) is 3.99. The standard InChI is InChI=1S/C14H25NO/c1-2-9-15-10-11-16-12-3-4-14(12)8-7-13(14)5-6-13/h12,15H,2-11H2,1H3/t12-,14-/m0/s1. The Bertz CT molecular complexity index is 257. The van der Waals surface area contributed by atoms with Gasteiger partial charge in [0.05, 0.1) is 12.7 Å². The van der Waals surface area contributed by atoms with Gasteiger partial charge in [-0.15, -0.1) is 0 Å². The minimum absolute atomic E-state index is 0.618. The first kappa shape index (κ1) is 11.0. The molecular weight excluding hydrogens is 198 g/mol. The Morgan fingerprint density at radius 1 is 1.12 bits per heavy atom. The zero-order valence-corrected chi connectivity index (χ0v) is 10.6. The molecular formula is C14H25NO. The van der Waals surface area contributed by atoms with Gasteiger partial charge in [0.25, 0.3) is 0 Å². The van der Waals surface area contributed by atoms with Crippen LogP contribution in [0.1, 0.15) is 51.9 Å². The van der Waals surface area contributed by atoms with Gasteiger partial charge in [-0.1, -0.05) is 6.92 Å². The van der Waals surface area contributed by atoms with Crippen LogP contribution in [-0.4, -0.2) is 25.8 Å². The molecule has 0 unspecified atom stereocenters. The molecule has 0 radical (unpaired) electrons. The lowest BCUT2D eigenvalue weighted by molar-refractivity contribution is -0.199. The van der Waals surface area contributed by atoms with Crippen molar-refractivity contribution in [3.63, 3.8) is 0 Å². The molecule has 0 amide bonds. The van der Waals surface area contributed by atoms with Crippen molar-refractivity contribution in [2.75, 3.05) is 19.7 Å². The first-order valence-electron chi connectivity index (χ1n) is 7.15. The van der Waals surface area contributed by atoms with Crippen LogP contribution in [-0.2, 0) is 4.74 Å². The predicted molar refractivity (Wildman–Crippen MR) is 65.5 cm³/mol. The molecule has 0 bridgehead atoms. The molecule has 2 nitrogen and oxygen atoms in total. The third kappa shape index (κ3) is 1.46. The Labute approximate surface area is 99.1 Å². The molecule has 3 aliphatic rings. The summed E-state index contributed by atoms with van der Waals surface area (Å²) in [5, 5.41) is 3.41. The first-order chi connectivity index (χ1) is 7.83. The summed E-state index contributed by atoms with van der Waals surface area (Å²) in [5.41, 5.74) is 1.45. The zero-order chi connectivity index (χ0) is 11.1. The van der Waals surface area contributed by atoms with Crippen LogP contribution in [0.5, 0.6) is 0 Å². The number of fused-ring (bicyclic) bond motifs is 1. The molecule has 3 aliphatic carbocycles. The molecule has 0 aromatic rings. The van der Waals surface area contributed by atoms with Crippen molar-refractivity contribution >= 4 is 0 Å². The Hall–Kier alpha value is -0.0800. The van der Waals surface area contributed by atoms with E-state index in [0.717, 1.165) is 25.1 Å². The third-order valence-electron chi connectivity index (χ3n) is 5.45. The van der Waals surface area contributed by atoms with Crippen molar-refractivity contribution in [1.29, 1.82) is 0 Å². The summed E-state index contributed by atoms with van der Waals surface area (Å²) >= 11 is 0. The van der Waals surface area contributed by atoms with Crippen LogP contribution in [0.15, 0.2) is 0 Å². The zero-order valence-electron chi connectivity index (χ0n) is 10.6. The molecule has 3 fully saturated rings. The van der Waals surface area contributed by atoms with Crippen molar-refractivity contribution in [1.82, 2.24) is 5.32 Å². The lowest BCUT2D eigenvalue weighted by Crippen LogP contribution is -2.59. The van der Waals surface area contributed by atoms with Gasteiger partial charge in [-0.2, -0.15) is 0 Å². The van der Waals surface area contributed by atoms with E-state index in [9.17, 15) is 0 Å². The van der Waals surface area contributed by atoms with Gasteiger partial charge in [-0.05, 0) is 56.9 Å². The van der Waals surface area contributed by atoms with Gasteiger partial charge in [0.15, 0.2) is 0 Å². The quantitative estimate of drug-likeness (QED) is 0.699. The lowest BCUT2D eigenvalue weighted by Gasteiger charge is -2.62. The molecule has 1 N–H and O–H groups in total. The highest BCUT2D eigenvalue weighted by molar-refractivity contribution is 5.21. The molecule has 0 aromatic carbocycles. The molecule has 0 aliphatic heterocycles. The minimum atomic E-state index is 0.618. The second-order valence-corrected chi connectivity index (χ2v) is 6.08. The van der Waals surface area contributed by atoms with E-state index in [2.05, 4.69) is 12.2 Å². The van der Waals surface area contributed by atoms with Crippen LogP contribution in [0, 0.1) is 10.8 Å². The average Bonchev–Trinajstić information content (AvgIpc) is 3.02. The maximum absolute atomic E-state index is 6.10. The van der Waals surface area contributed by atoms with Crippen molar-refractivity contribution in [3.8, 4) is 0 Å². The number of nitrogens with one attached hydrogen (secondary N) is 1. The fourth-order valence-electron chi connectivity index (χ4n) is 4.02. The maximum atomic E-state index is 6.10.